The van der Waals surface area contributed by atoms with Gasteiger partial charge in [0.25, 0.3) is 5.91 Å². The molecule has 2 aromatic rings. The Labute approximate surface area is 96.2 Å². The standard InChI is InChI=1S/C11H9FN2O3/c12-8-3-1-2-4-9(8)16-7-11(15)13-10-5-6-17-14-10/h1-6H,7H2,(H,13,14,15). The van der Waals surface area contributed by atoms with E-state index in [4.69, 9.17) is 4.74 Å². The van der Waals surface area contributed by atoms with Crippen molar-refractivity contribution < 1.29 is 18.4 Å². The Kier molecular flexibility index (Phi) is 3.34. The summed E-state index contributed by atoms with van der Waals surface area (Å²) in [5.41, 5.74) is 0. The number of carbonyl (C=O) groups is 1. The highest BCUT2D eigenvalue weighted by molar-refractivity contribution is 5.90. The van der Waals surface area contributed by atoms with Gasteiger partial charge in [-0.1, -0.05) is 17.3 Å². The van der Waals surface area contributed by atoms with E-state index < -0.39 is 11.7 Å². The zero-order valence-corrected chi connectivity index (χ0v) is 8.72. The molecular formula is C11H9FN2O3. The molecule has 0 aliphatic heterocycles. The van der Waals surface area contributed by atoms with E-state index in [1.165, 1.54) is 30.5 Å². The molecule has 0 radical (unpaired) electrons. The van der Waals surface area contributed by atoms with Crippen LogP contribution in [0.25, 0.3) is 0 Å². The summed E-state index contributed by atoms with van der Waals surface area (Å²) in [6, 6.07) is 7.34. The van der Waals surface area contributed by atoms with Crippen LogP contribution in [-0.2, 0) is 4.79 Å². The number of halogens is 1. The summed E-state index contributed by atoms with van der Waals surface area (Å²) in [5.74, 6) is -0.640. The molecular weight excluding hydrogens is 227 g/mol. The van der Waals surface area contributed by atoms with Crippen molar-refractivity contribution in [3.8, 4) is 5.75 Å². The summed E-state index contributed by atoms with van der Waals surface area (Å²) in [4.78, 5) is 11.4. The van der Waals surface area contributed by atoms with Crippen molar-refractivity contribution in [3.63, 3.8) is 0 Å². The average Bonchev–Trinajstić information content (AvgIpc) is 2.81. The average molecular weight is 236 g/mol. The molecule has 0 bridgehead atoms. The summed E-state index contributed by atoms with van der Waals surface area (Å²) >= 11 is 0. The number of nitrogens with one attached hydrogen (secondary N) is 1. The highest BCUT2D eigenvalue weighted by Gasteiger charge is 2.07. The van der Waals surface area contributed by atoms with E-state index in [0.717, 1.165) is 0 Å². The van der Waals surface area contributed by atoms with Gasteiger partial charge in [-0.3, -0.25) is 4.79 Å². The molecule has 1 N–H and O–H groups in total. The van der Waals surface area contributed by atoms with Gasteiger partial charge in [0, 0.05) is 6.07 Å². The van der Waals surface area contributed by atoms with E-state index in [0.29, 0.717) is 0 Å². The Balaban J connectivity index is 1.86. The predicted octanol–water partition coefficient (Wildman–Crippen LogP) is 1.83. The van der Waals surface area contributed by atoms with Gasteiger partial charge in [-0.15, -0.1) is 0 Å². The van der Waals surface area contributed by atoms with Crippen LogP contribution in [0.4, 0.5) is 10.2 Å². The lowest BCUT2D eigenvalue weighted by molar-refractivity contribution is -0.118. The minimum absolute atomic E-state index is 0.0304. The number of para-hydroxylation sites is 1. The normalized spacial score (nSPS) is 9.94. The summed E-state index contributed by atoms with van der Waals surface area (Å²) in [7, 11) is 0. The van der Waals surface area contributed by atoms with Crippen LogP contribution >= 0.6 is 0 Å². The largest absolute Gasteiger partial charge is 0.481 e. The Morgan fingerprint density at radius 2 is 2.24 bits per heavy atom. The second kappa shape index (κ2) is 5.11. The molecule has 1 heterocycles. The first kappa shape index (κ1) is 11.1. The Hall–Kier alpha value is -2.37. The topological polar surface area (TPSA) is 64.4 Å². The van der Waals surface area contributed by atoms with Crippen LogP contribution in [0.5, 0.6) is 5.75 Å². The van der Waals surface area contributed by atoms with Crippen molar-refractivity contribution in [1.82, 2.24) is 5.16 Å². The van der Waals surface area contributed by atoms with Gasteiger partial charge in [0.2, 0.25) is 0 Å². The summed E-state index contributed by atoms with van der Waals surface area (Å²) in [5, 5.41) is 5.91. The molecule has 0 fully saturated rings. The van der Waals surface area contributed by atoms with Crippen LogP contribution in [0.3, 0.4) is 0 Å². The third-order valence-corrected chi connectivity index (χ3v) is 1.90. The highest BCUT2D eigenvalue weighted by Crippen LogP contribution is 2.15. The Bertz CT molecular complexity index is 499. The van der Waals surface area contributed by atoms with E-state index in [9.17, 15) is 9.18 Å². The van der Waals surface area contributed by atoms with E-state index in [1.54, 1.807) is 6.07 Å². The number of hydrogen-bond acceptors (Lipinski definition) is 4. The van der Waals surface area contributed by atoms with Crippen molar-refractivity contribution in [2.75, 3.05) is 11.9 Å². The van der Waals surface area contributed by atoms with Gasteiger partial charge < -0.3 is 14.6 Å². The van der Waals surface area contributed by atoms with Gasteiger partial charge in [0.05, 0.1) is 0 Å². The fourth-order valence-corrected chi connectivity index (χ4v) is 1.16. The molecule has 1 aromatic carbocycles. The number of nitrogens with zero attached hydrogens (tertiary/aromatic N) is 1. The smallest absolute Gasteiger partial charge is 0.263 e. The van der Waals surface area contributed by atoms with Gasteiger partial charge in [0.1, 0.15) is 6.26 Å². The summed E-state index contributed by atoms with van der Waals surface area (Å²) in [6.07, 6.45) is 1.33. The molecule has 1 aromatic heterocycles. The van der Waals surface area contributed by atoms with Crippen LogP contribution in [-0.4, -0.2) is 17.7 Å². The van der Waals surface area contributed by atoms with Crippen molar-refractivity contribution in [2.45, 2.75) is 0 Å². The minimum atomic E-state index is -0.512. The van der Waals surface area contributed by atoms with Gasteiger partial charge in [-0.25, -0.2) is 4.39 Å². The minimum Gasteiger partial charge on any atom is -0.481 e. The third-order valence-electron chi connectivity index (χ3n) is 1.90. The second-order valence-corrected chi connectivity index (χ2v) is 3.15. The molecule has 17 heavy (non-hydrogen) atoms. The Morgan fingerprint density at radius 3 is 2.94 bits per heavy atom. The first-order chi connectivity index (χ1) is 8.25. The van der Waals surface area contributed by atoms with Crippen LogP contribution < -0.4 is 10.1 Å². The van der Waals surface area contributed by atoms with Gasteiger partial charge >= 0.3 is 0 Å². The van der Waals surface area contributed by atoms with E-state index in [-0.39, 0.29) is 18.2 Å². The lowest BCUT2D eigenvalue weighted by atomic mass is 10.3. The molecule has 2 rings (SSSR count). The maximum absolute atomic E-state index is 13.1. The quantitative estimate of drug-likeness (QED) is 0.879. The monoisotopic (exact) mass is 236 g/mol. The van der Waals surface area contributed by atoms with Crippen molar-refractivity contribution in [3.05, 3.63) is 42.4 Å². The zero-order valence-electron chi connectivity index (χ0n) is 8.72. The van der Waals surface area contributed by atoms with Crippen LogP contribution in [0.2, 0.25) is 0 Å². The zero-order chi connectivity index (χ0) is 12.1. The second-order valence-electron chi connectivity index (χ2n) is 3.15. The Morgan fingerprint density at radius 1 is 1.41 bits per heavy atom. The van der Waals surface area contributed by atoms with E-state index in [1.807, 2.05) is 0 Å². The van der Waals surface area contributed by atoms with Gasteiger partial charge in [-0.05, 0) is 12.1 Å². The predicted molar refractivity (Wildman–Crippen MR) is 57.0 cm³/mol. The summed E-state index contributed by atoms with van der Waals surface area (Å²) in [6.45, 7) is -0.298. The summed E-state index contributed by atoms with van der Waals surface area (Å²) < 4.78 is 22.7. The van der Waals surface area contributed by atoms with Gasteiger partial charge in [0.15, 0.2) is 24.0 Å². The maximum atomic E-state index is 13.1. The van der Waals surface area contributed by atoms with Crippen molar-refractivity contribution in [2.24, 2.45) is 0 Å². The lowest BCUT2D eigenvalue weighted by Crippen LogP contribution is -2.20. The van der Waals surface area contributed by atoms with Gasteiger partial charge in [-0.2, -0.15) is 0 Å². The number of amides is 1. The van der Waals surface area contributed by atoms with E-state index in [2.05, 4.69) is 15.0 Å². The SMILES string of the molecule is O=C(COc1ccccc1F)Nc1ccon1. The number of rotatable bonds is 4. The highest BCUT2D eigenvalue weighted by atomic mass is 19.1. The van der Waals surface area contributed by atoms with Crippen LogP contribution in [0.15, 0.2) is 41.1 Å². The van der Waals surface area contributed by atoms with Crippen molar-refractivity contribution in [1.29, 1.82) is 0 Å². The molecule has 88 valence electrons. The number of anilines is 1. The molecule has 0 spiro atoms. The van der Waals surface area contributed by atoms with Crippen molar-refractivity contribution >= 4 is 11.7 Å². The molecule has 0 saturated heterocycles. The molecule has 0 aliphatic carbocycles. The first-order valence-electron chi connectivity index (χ1n) is 4.83. The molecule has 0 unspecified atom stereocenters. The molecule has 0 saturated carbocycles. The number of ether oxygens (including phenoxy) is 1. The molecule has 0 atom stereocenters. The van der Waals surface area contributed by atoms with Crippen LogP contribution in [0, 0.1) is 5.82 Å². The van der Waals surface area contributed by atoms with Crippen LogP contribution in [0.1, 0.15) is 0 Å². The molecule has 5 nitrogen and oxygen atoms in total. The lowest BCUT2D eigenvalue weighted by Gasteiger charge is -2.05. The first-order valence-corrected chi connectivity index (χ1v) is 4.83. The number of aromatic nitrogens is 1. The number of benzene rings is 1. The molecule has 0 aliphatic rings. The fourth-order valence-electron chi connectivity index (χ4n) is 1.16. The molecule has 1 amide bonds. The van der Waals surface area contributed by atoms with E-state index >= 15 is 0 Å². The fraction of sp³-hybridized carbons (Fsp3) is 0.0909. The maximum Gasteiger partial charge on any atom is 0.263 e. The number of carbonyl (C=O) groups excluding carboxylic acids is 1. The number of hydrogen-bond donors (Lipinski definition) is 1. The third kappa shape index (κ3) is 3.04. The molecule has 6 heteroatoms.